The highest BCUT2D eigenvalue weighted by Gasteiger charge is 2.24. The molecular formula is C25H25ClFN3O3. The molecule has 0 fully saturated rings. The number of fused-ring (bicyclic) bond motifs is 1. The van der Waals surface area contributed by atoms with Crippen LogP contribution in [0.4, 0.5) is 10.2 Å². The van der Waals surface area contributed by atoms with Gasteiger partial charge in [-0.3, -0.25) is 4.79 Å². The van der Waals surface area contributed by atoms with Crippen LogP contribution >= 0.6 is 11.6 Å². The van der Waals surface area contributed by atoms with Crippen LogP contribution < -0.4 is 9.64 Å². The smallest absolute Gasteiger partial charge is 0.303 e. The topological polar surface area (TPSA) is 75.5 Å². The number of rotatable bonds is 9. The zero-order valence-electron chi connectivity index (χ0n) is 18.3. The van der Waals surface area contributed by atoms with E-state index in [1.54, 1.807) is 36.2 Å². The largest absolute Gasteiger partial charge is 0.494 e. The average molecular weight is 470 g/mol. The number of hydrogen-bond donors (Lipinski definition) is 1. The fourth-order valence-corrected chi connectivity index (χ4v) is 4.28. The highest BCUT2D eigenvalue weighted by molar-refractivity contribution is 6.30. The number of aromatic nitrogens is 2. The second-order valence-electron chi connectivity index (χ2n) is 8.19. The zero-order chi connectivity index (χ0) is 23.4. The molecule has 1 atom stereocenters. The van der Waals surface area contributed by atoms with Gasteiger partial charge < -0.3 is 14.7 Å². The van der Waals surface area contributed by atoms with Gasteiger partial charge in [-0.2, -0.15) is 0 Å². The Hall–Kier alpha value is -3.19. The van der Waals surface area contributed by atoms with Crippen LogP contribution in [0, 0.1) is 5.82 Å². The number of aliphatic carboxylic acids is 1. The SMILES string of the molecule is CN(CCCOc1ccc2c(c1)CC[C@H]2CC(=O)O)c1nc(-c2ccc(Cl)cc2)ncc1F. The Morgan fingerprint density at radius 1 is 1.27 bits per heavy atom. The van der Waals surface area contributed by atoms with Gasteiger partial charge in [0.2, 0.25) is 0 Å². The van der Waals surface area contributed by atoms with Gasteiger partial charge in [0, 0.05) is 24.2 Å². The van der Waals surface area contributed by atoms with E-state index in [2.05, 4.69) is 9.97 Å². The Kier molecular flexibility index (Phi) is 7.08. The number of carboxylic acids is 1. The summed E-state index contributed by atoms with van der Waals surface area (Å²) in [7, 11) is 1.79. The van der Waals surface area contributed by atoms with Crippen LogP contribution in [-0.4, -0.2) is 41.2 Å². The van der Waals surface area contributed by atoms with Crippen LogP contribution in [0.15, 0.2) is 48.7 Å². The van der Waals surface area contributed by atoms with Crippen molar-refractivity contribution in [3.05, 3.63) is 70.6 Å². The van der Waals surface area contributed by atoms with Crippen LogP contribution in [0.3, 0.4) is 0 Å². The van der Waals surface area contributed by atoms with Crippen molar-refractivity contribution in [3.8, 4) is 17.1 Å². The molecule has 0 aliphatic heterocycles. The van der Waals surface area contributed by atoms with E-state index in [0.717, 1.165) is 35.3 Å². The number of carboxylic acid groups (broad SMARTS) is 1. The van der Waals surface area contributed by atoms with Gasteiger partial charge in [0.05, 0.1) is 19.2 Å². The van der Waals surface area contributed by atoms with Crippen molar-refractivity contribution in [3.63, 3.8) is 0 Å². The van der Waals surface area contributed by atoms with Crippen molar-refractivity contribution >= 4 is 23.4 Å². The summed E-state index contributed by atoms with van der Waals surface area (Å²) in [5, 5.41) is 9.67. The van der Waals surface area contributed by atoms with E-state index in [1.807, 2.05) is 18.2 Å². The first kappa shape index (κ1) is 23.0. The summed E-state index contributed by atoms with van der Waals surface area (Å²) in [4.78, 5) is 21.3. The predicted octanol–water partition coefficient (Wildman–Crippen LogP) is 5.35. The van der Waals surface area contributed by atoms with E-state index in [1.165, 1.54) is 6.20 Å². The average Bonchev–Trinajstić information content (AvgIpc) is 3.19. The van der Waals surface area contributed by atoms with Crippen molar-refractivity contribution in [1.82, 2.24) is 9.97 Å². The highest BCUT2D eigenvalue weighted by atomic mass is 35.5. The van der Waals surface area contributed by atoms with Crippen LogP contribution in [0.2, 0.25) is 5.02 Å². The molecule has 6 nitrogen and oxygen atoms in total. The molecule has 0 saturated carbocycles. The van der Waals surface area contributed by atoms with Crippen LogP contribution in [0.5, 0.6) is 5.75 Å². The minimum atomic E-state index is -0.766. The maximum Gasteiger partial charge on any atom is 0.303 e. The van der Waals surface area contributed by atoms with Crippen molar-refractivity contribution in [2.75, 3.05) is 25.1 Å². The lowest BCUT2D eigenvalue weighted by atomic mass is 9.98. The van der Waals surface area contributed by atoms with Crippen molar-refractivity contribution in [1.29, 1.82) is 0 Å². The normalized spacial score (nSPS) is 14.7. The van der Waals surface area contributed by atoms with Gasteiger partial charge in [-0.1, -0.05) is 17.7 Å². The molecule has 33 heavy (non-hydrogen) atoms. The second-order valence-corrected chi connectivity index (χ2v) is 8.63. The Bertz CT molecular complexity index is 1140. The number of ether oxygens (including phenoxy) is 1. The number of carbonyl (C=O) groups is 1. The number of halogens is 2. The van der Waals surface area contributed by atoms with Gasteiger partial charge >= 0.3 is 5.97 Å². The third kappa shape index (κ3) is 5.60. The van der Waals surface area contributed by atoms with Crippen molar-refractivity contribution in [2.45, 2.75) is 31.6 Å². The van der Waals surface area contributed by atoms with E-state index < -0.39 is 11.8 Å². The monoisotopic (exact) mass is 469 g/mol. The van der Waals surface area contributed by atoms with Crippen molar-refractivity contribution < 1.29 is 19.0 Å². The van der Waals surface area contributed by atoms with Crippen molar-refractivity contribution in [2.24, 2.45) is 0 Å². The van der Waals surface area contributed by atoms with Gasteiger partial charge in [0.1, 0.15) is 5.75 Å². The van der Waals surface area contributed by atoms with Gasteiger partial charge in [0.25, 0.3) is 0 Å². The van der Waals surface area contributed by atoms with Gasteiger partial charge in [-0.15, -0.1) is 0 Å². The number of benzene rings is 2. The van der Waals surface area contributed by atoms with E-state index in [-0.39, 0.29) is 18.2 Å². The first-order chi connectivity index (χ1) is 15.9. The van der Waals surface area contributed by atoms with Crippen LogP contribution in [-0.2, 0) is 11.2 Å². The Balaban J connectivity index is 1.32. The molecular weight excluding hydrogens is 445 g/mol. The van der Waals surface area contributed by atoms with E-state index >= 15 is 0 Å². The third-order valence-corrected chi connectivity index (χ3v) is 6.09. The summed E-state index contributed by atoms with van der Waals surface area (Å²) in [6.07, 6.45) is 3.75. The fraction of sp³-hybridized carbons (Fsp3) is 0.320. The standard InChI is InChI=1S/C25H25ClFN3O3/c1-30(25-22(27)15-28-24(29-25)16-5-7-19(26)8-6-16)11-2-12-33-20-9-10-21-17(13-20)3-4-18(21)14-23(31)32/h5-10,13,15,18H,2-4,11-12,14H2,1H3,(H,31,32)/t18-/m0/s1. The molecule has 8 heteroatoms. The summed E-state index contributed by atoms with van der Waals surface area (Å²) < 4.78 is 20.2. The lowest BCUT2D eigenvalue weighted by molar-refractivity contribution is -0.137. The number of hydrogen-bond acceptors (Lipinski definition) is 5. The molecule has 2 aromatic carbocycles. The number of nitrogens with zero attached hydrogens (tertiary/aromatic N) is 3. The zero-order valence-corrected chi connectivity index (χ0v) is 19.1. The lowest BCUT2D eigenvalue weighted by Crippen LogP contribution is -2.23. The number of anilines is 1. The summed E-state index contributed by atoms with van der Waals surface area (Å²) in [5.41, 5.74) is 3.04. The fourth-order valence-electron chi connectivity index (χ4n) is 4.16. The molecule has 1 heterocycles. The Labute approximate surface area is 197 Å². The molecule has 1 aromatic heterocycles. The maximum absolute atomic E-state index is 14.4. The second kappa shape index (κ2) is 10.2. The molecule has 172 valence electrons. The van der Waals surface area contributed by atoms with Crippen LogP contribution in [0.1, 0.15) is 36.3 Å². The molecule has 1 aliphatic carbocycles. The number of aryl methyl sites for hydroxylation is 1. The first-order valence-electron chi connectivity index (χ1n) is 10.9. The molecule has 0 amide bonds. The minimum absolute atomic E-state index is 0.0840. The van der Waals surface area contributed by atoms with Gasteiger partial charge in [-0.05, 0) is 72.7 Å². The molecule has 1 aliphatic rings. The maximum atomic E-state index is 14.4. The predicted molar refractivity (Wildman–Crippen MR) is 126 cm³/mol. The summed E-state index contributed by atoms with van der Waals surface area (Å²) in [6, 6.07) is 13.0. The van der Waals surface area contributed by atoms with E-state index in [4.69, 9.17) is 21.4 Å². The third-order valence-electron chi connectivity index (χ3n) is 5.83. The molecule has 4 rings (SSSR count). The quantitative estimate of drug-likeness (QED) is 0.426. The Morgan fingerprint density at radius 2 is 2.06 bits per heavy atom. The minimum Gasteiger partial charge on any atom is -0.494 e. The molecule has 3 aromatic rings. The molecule has 0 radical (unpaired) electrons. The lowest BCUT2D eigenvalue weighted by Gasteiger charge is -2.19. The van der Waals surface area contributed by atoms with E-state index in [9.17, 15) is 9.18 Å². The molecule has 0 unspecified atom stereocenters. The van der Waals surface area contributed by atoms with Gasteiger partial charge in [0.15, 0.2) is 17.5 Å². The summed E-state index contributed by atoms with van der Waals surface area (Å²) >= 11 is 5.93. The van der Waals surface area contributed by atoms with Gasteiger partial charge in [-0.25, -0.2) is 14.4 Å². The molecule has 0 saturated heterocycles. The summed E-state index contributed by atoms with van der Waals surface area (Å²) in [5.74, 6) is 0.275. The summed E-state index contributed by atoms with van der Waals surface area (Å²) in [6.45, 7) is 1.03. The first-order valence-corrected chi connectivity index (χ1v) is 11.3. The van der Waals surface area contributed by atoms with E-state index in [0.29, 0.717) is 30.4 Å². The highest BCUT2D eigenvalue weighted by Crippen LogP contribution is 2.37. The molecule has 0 bridgehead atoms. The molecule has 1 N–H and O–H groups in total. The molecule has 0 spiro atoms. The van der Waals surface area contributed by atoms with Crippen LogP contribution in [0.25, 0.3) is 11.4 Å². The Morgan fingerprint density at radius 3 is 2.82 bits per heavy atom.